The maximum absolute atomic E-state index is 12.2. The van der Waals surface area contributed by atoms with Crippen LogP contribution in [0.15, 0.2) is 41.8 Å². The highest BCUT2D eigenvalue weighted by atomic mass is 32.1. The lowest BCUT2D eigenvalue weighted by Crippen LogP contribution is -2.29. The second-order valence-electron chi connectivity index (χ2n) is 6.53. The minimum atomic E-state index is -0.270. The second-order valence-corrected chi connectivity index (χ2v) is 7.36. The first-order valence-corrected chi connectivity index (χ1v) is 9.91. The number of amides is 2. The maximum Gasteiger partial charge on any atom is 0.320 e. The first-order valence-electron chi connectivity index (χ1n) is 9.03. The van der Waals surface area contributed by atoms with Gasteiger partial charge in [0.2, 0.25) is 0 Å². The standard InChI is InChI=1S/C19H22N6OS/c1-24-17(11-16(23-24)14-7-3-2-4-8-14)22-18(26)20-12-15-13-27-19(21-15)25-9-5-6-10-25/h2-4,7-8,11,13H,5-6,9-10,12H2,1H3,(H2,20,22,26). The number of aryl methyl sites for hydroxylation is 1. The normalized spacial score (nSPS) is 13.7. The third-order valence-electron chi connectivity index (χ3n) is 4.54. The van der Waals surface area contributed by atoms with Crippen LogP contribution in [0, 0.1) is 0 Å². The zero-order valence-corrected chi connectivity index (χ0v) is 16.0. The Kier molecular flexibility index (Phi) is 5.06. The van der Waals surface area contributed by atoms with Crippen molar-refractivity contribution in [1.82, 2.24) is 20.1 Å². The van der Waals surface area contributed by atoms with Crippen LogP contribution in [0.25, 0.3) is 11.3 Å². The maximum atomic E-state index is 12.2. The van der Waals surface area contributed by atoms with Crippen molar-refractivity contribution in [1.29, 1.82) is 0 Å². The van der Waals surface area contributed by atoms with Crippen molar-refractivity contribution in [3.05, 3.63) is 47.5 Å². The predicted octanol–water partition coefficient (Wildman–Crippen LogP) is 3.47. The third kappa shape index (κ3) is 4.11. The van der Waals surface area contributed by atoms with Gasteiger partial charge >= 0.3 is 6.03 Å². The molecule has 2 N–H and O–H groups in total. The number of thiazole rings is 1. The number of benzene rings is 1. The summed E-state index contributed by atoms with van der Waals surface area (Å²) in [6, 6.07) is 11.5. The molecule has 8 heteroatoms. The Bertz CT molecular complexity index is 913. The van der Waals surface area contributed by atoms with Crippen LogP contribution < -0.4 is 15.5 Å². The van der Waals surface area contributed by atoms with E-state index < -0.39 is 0 Å². The molecule has 3 aromatic rings. The van der Waals surface area contributed by atoms with E-state index in [4.69, 9.17) is 0 Å². The molecule has 0 bridgehead atoms. The minimum Gasteiger partial charge on any atom is -0.348 e. The predicted molar refractivity (Wildman–Crippen MR) is 108 cm³/mol. The van der Waals surface area contributed by atoms with Crippen LogP contribution in [0.5, 0.6) is 0 Å². The molecule has 2 aromatic heterocycles. The summed E-state index contributed by atoms with van der Waals surface area (Å²) in [5, 5.41) is 13.2. The van der Waals surface area contributed by atoms with Gasteiger partial charge in [-0.25, -0.2) is 9.78 Å². The van der Waals surface area contributed by atoms with Crippen LogP contribution >= 0.6 is 11.3 Å². The molecule has 0 aliphatic carbocycles. The molecule has 4 rings (SSSR count). The monoisotopic (exact) mass is 382 g/mol. The van der Waals surface area contributed by atoms with Gasteiger partial charge in [0.1, 0.15) is 5.82 Å². The SMILES string of the molecule is Cn1nc(-c2ccccc2)cc1NC(=O)NCc1csc(N2CCCC2)n1. The van der Waals surface area contributed by atoms with Crippen molar-refractivity contribution in [3.8, 4) is 11.3 Å². The van der Waals surface area contributed by atoms with Crippen LogP contribution in [-0.2, 0) is 13.6 Å². The zero-order chi connectivity index (χ0) is 18.6. The summed E-state index contributed by atoms with van der Waals surface area (Å²) in [6.07, 6.45) is 2.45. The largest absolute Gasteiger partial charge is 0.348 e. The molecule has 1 aliphatic rings. The van der Waals surface area contributed by atoms with Gasteiger partial charge in [0, 0.05) is 37.1 Å². The van der Waals surface area contributed by atoms with Crippen LogP contribution in [-0.4, -0.2) is 33.9 Å². The van der Waals surface area contributed by atoms with E-state index in [1.807, 2.05) is 48.8 Å². The van der Waals surface area contributed by atoms with Crippen LogP contribution in [0.4, 0.5) is 15.7 Å². The topological polar surface area (TPSA) is 75.1 Å². The molecule has 0 unspecified atom stereocenters. The number of rotatable bonds is 5. The third-order valence-corrected chi connectivity index (χ3v) is 5.49. The highest BCUT2D eigenvalue weighted by Crippen LogP contribution is 2.24. The number of aromatic nitrogens is 3. The minimum absolute atomic E-state index is 0.270. The molecule has 1 aromatic carbocycles. The Balaban J connectivity index is 1.34. The van der Waals surface area contributed by atoms with E-state index in [0.717, 1.165) is 35.2 Å². The summed E-state index contributed by atoms with van der Waals surface area (Å²) in [6.45, 7) is 2.55. The quantitative estimate of drug-likeness (QED) is 0.709. The van der Waals surface area contributed by atoms with Gasteiger partial charge in [-0.2, -0.15) is 5.10 Å². The molecule has 1 aliphatic heterocycles. The van der Waals surface area contributed by atoms with Gasteiger partial charge in [-0.1, -0.05) is 30.3 Å². The average molecular weight is 382 g/mol. The fourth-order valence-corrected chi connectivity index (χ4v) is 3.98. The van der Waals surface area contributed by atoms with Crippen LogP contribution in [0.1, 0.15) is 18.5 Å². The molecule has 7 nitrogen and oxygen atoms in total. The van der Waals surface area contributed by atoms with E-state index in [1.165, 1.54) is 12.8 Å². The number of carbonyl (C=O) groups is 1. The Morgan fingerprint density at radius 1 is 1.22 bits per heavy atom. The van der Waals surface area contributed by atoms with Gasteiger partial charge in [0.25, 0.3) is 0 Å². The van der Waals surface area contributed by atoms with Crippen molar-refractivity contribution in [2.45, 2.75) is 19.4 Å². The Morgan fingerprint density at radius 2 is 2.00 bits per heavy atom. The molecule has 140 valence electrons. The van der Waals surface area contributed by atoms with Gasteiger partial charge in [0.15, 0.2) is 5.13 Å². The fourth-order valence-electron chi connectivity index (χ4n) is 3.10. The molecule has 0 saturated carbocycles. The molecule has 1 fully saturated rings. The second kappa shape index (κ2) is 7.79. The lowest BCUT2D eigenvalue weighted by Gasteiger charge is -2.12. The van der Waals surface area contributed by atoms with Crippen molar-refractivity contribution in [2.24, 2.45) is 7.05 Å². The first kappa shape index (κ1) is 17.5. The molecular weight excluding hydrogens is 360 g/mol. The summed E-state index contributed by atoms with van der Waals surface area (Å²) < 4.78 is 1.66. The number of carbonyl (C=O) groups excluding carboxylic acids is 1. The van der Waals surface area contributed by atoms with E-state index in [2.05, 4.69) is 25.6 Å². The summed E-state index contributed by atoms with van der Waals surface area (Å²) in [4.78, 5) is 19.2. The smallest absolute Gasteiger partial charge is 0.320 e. The number of hydrogen-bond acceptors (Lipinski definition) is 5. The summed E-state index contributed by atoms with van der Waals surface area (Å²) in [5.41, 5.74) is 2.72. The highest BCUT2D eigenvalue weighted by Gasteiger charge is 2.16. The molecular formula is C19H22N6OS. The number of hydrogen-bond donors (Lipinski definition) is 2. The molecule has 27 heavy (non-hydrogen) atoms. The lowest BCUT2D eigenvalue weighted by molar-refractivity contribution is 0.251. The summed E-state index contributed by atoms with van der Waals surface area (Å²) in [7, 11) is 1.81. The van der Waals surface area contributed by atoms with Gasteiger partial charge in [0.05, 0.1) is 17.9 Å². The lowest BCUT2D eigenvalue weighted by atomic mass is 10.2. The Hall–Kier alpha value is -2.87. The number of urea groups is 1. The van der Waals surface area contributed by atoms with Crippen LogP contribution in [0.2, 0.25) is 0 Å². The molecule has 0 radical (unpaired) electrons. The van der Waals surface area contributed by atoms with E-state index in [-0.39, 0.29) is 6.03 Å². The summed E-state index contributed by atoms with van der Waals surface area (Å²) >= 11 is 1.63. The van der Waals surface area contributed by atoms with Gasteiger partial charge < -0.3 is 10.2 Å². The number of nitrogens with one attached hydrogen (secondary N) is 2. The van der Waals surface area contributed by atoms with Crippen LogP contribution in [0.3, 0.4) is 0 Å². The summed E-state index contributed by atoms with van der Waals surface area (Å²) in [5.74, 6) is 0.641. The average Bonchev–Trinajstić information content (AvgIpc) is 3.42. The van der Waals surface area contributed by atoms with Crippen molar-refractivity contribution in [2.75, 3.05) is 23.3 Å². The highest BCUT2D eigenvalue weighted by molar-refractivity contribution is 7.13. The van der Waals surface area contributed by atoms with E-state index in [0.29, 0.717) is 12.4 Å². The van der Waals surface area contributed by atoms with Gasteiger partial charge in [-0.15, -0.1) is 11.3 Å². The molecule has 1 saturated heterocycles. The molecule has 0 atom stereocenters. The first-order chi connectivity index (χ1) is 13.2. The van der Waals surface area contributed by atoms with Crippen molar-refractivity contribution < 1.29 is 4.79 Å². The number of anilines is 2. The Morgan fingerprint density at radius 3 is 2.78 bits per heavy atom. The van der Waals surface area contributed by atoms with Gasteiger partial charge in [-0.3, -0.25) is 10.00 Å². The molecule has 2 amide bonds. The van der Waals surface area contributed by atoms with E-state index in [9.17, 15) is 4.79 Å². The van der Waals surface area contributed by atoms with E-state index >= 15 is 0 Å². The Labute approximate surface area is 162 Å². The van der Waals surface area contributed by atoms with Gasteiger partial charge in [-0.05, 0) is 12.8 Å². The zero-order valence-electron chi connectivity index (χ0n) is 15.2. The molecule has 3 heterocycles. The molecule has 0 spiro atoms. The number of nitrogens with zero attached hydrogens (tertiary/aromatic N) is 4. The van der Waals surface area contributed by atoms with Crippen molar-refractivity contribution >= 4 is 28.3 Å². The fraction of sp³-hybridized carbons (Fsp3) is 0.316. The van der Waals surface area contributed by atoms with Crippen molar-refractivity contribution in [3.63, 3.8) is 0 Å². The van der Waals surface area contributed by atoms with E-state index in [1.54, 1.807) is 16.0 Å².